The van der Waals surface area contributed by atoms with Crippen LogP contribution in [0.5, 0.6) is 0 Å². The molecule has 6 heteroatoms. The second-order valence-corrected chi connectivity index (χ2v) is 4.71. The van der Waals surface area contributed by atoms with E-state index < -0.39 is 12.7 Å². The summed E-state index contributed by atoms with van der Waals surface area (Å²) in [6.07, 6.45) is -2.02. The maximum absolute atomic E-state index is 12.4. The van der Waals surface area contributed by atoms with Crippen LogP contribution in [0.2, 0.25) is 0 Å². The fourth-order valence-corrected chi connectivity index (χ4v) is 2.22. The van der Waals surface area contributed by atoms with Gasteiger partial charge in [0.15, 0.2) is 0 Å². The van der Waals surface area contributed by atoms with Crippen molar-refractivity contribution in [1.29, 1.82) is 0 Å². The van der Waals surface area contributed by atoms with Crippen LogP contribution in [0, 0.1) is 6.92 Å². The number of nitrogens with zero attached hydrogens (tertiary/aromatic N) is 2. The van der Waals surface area contributed by atoms with Crippen molar-refractivity contribution >= 4 is 21.7 Å². The third-order valence-corrected chi connectivity index (χ3v) is 2.71. The van der Waals surface area contributed by atoms with Crippen LogP contribution < -0.4 is 4.90 Å². The summed E-state index contributed by atoms with van der Waals surface area (Å²) in [5.74, 6) is 0.342. The summed E-state index contributed by atoms with van der Waals surface area (Å²) in [4.78, 5) is 5.30. The Bertz CT molecular complexity index is 379. The summed E-state index contributed by atoms with van der Waals surface area (Å²) in [6, 6.07) is 1.77. The number of aryl methyl sites for hydroxylation is 1. The minimum absolute atomic E-state index is 0.328. The third kappa shape index (κ3) is 4.53. The summed E-state index contributed by atoms with van der Waals surface area (Å²) in [7, 11) is 0. The quantitative estimate of drug-likeness (QED) is 0.837. The molecule has 0 saturated heterocycles. The van der Waals surface area contributed by atoms with Gasteiger partial charge in [-0.25, -0.2) is 4.98 Å². The Labute approximate surface area is 107 Å². The highest BCUT2D eigenvalue weighted by Crippen LogP contribution is 2.27. The molecular weight excluding hydrogens is 297 g/mol. The van der Waals surface area contributed by atoms with E-state index in [1.54, 1.807) is 12.3 Å². The largest absolute Gasteiger partial charge is 0.405 e. The fourth-order valence-electron chi connectivity index (χ4n) is 1.51. The molecule has 0 aliphatic heterocycles. The Balaban J connectivity index is 2.97. The van der Waals surface area contributed by atoms with E-state index in [1.807, 2.05) is 13.8 Å². The maximum atomic E-state index is 12.4. The van der Waals surface area contributed by atoms with E-state index in [9.17, 15) is 13.2 Å². The number of aromatic nitrogens is 1. The molecule has 0 aromatic carbocycles. The van der Waals surface area contributed by atoms with Gasteiger partial charge >= 0.3 is 6.18 Å². The van der Waals surface area contributed by atoms with E-state index >= 15 is 0 Å². The van der Waals surface area contributed by atoms with E-state index in [0.717, 1.165) is 5.56 Å². The van der Waals surface area contributed by atoms with Gasteiger partial charge in [0.1, 0.15) is 12.4 Å². The summed E-state index contributed by atoms with van der Waals surface area (Å²) in [5.41, 5.74) is 0.907. The van der Waals surface area contributed by atoms with Crippen molar-refractivity contribution in [3.63, 3.8) is 0 Å². The van der Waals surface area contributed by atoms with Crippen LogP contribution in [0.1, 0.15) is 18.9 Å². The van der Waals surface area contributed by atoms with Crippen LogP contribution in [-0.4, -0.2) is 24.2 Å². The van der Waals surface area contributed by atoms with Crippen molar-refractivity contribution in [2.24, 2.45) is 0 Å². The lowest BCUT2D eigenvalue weighted by atomic mass is 10.3. The first-order valence-electron chi connectivity index (χ1n) is 5.27. The summed E-state index contributed by atoms with van der Waals surface area (Å²) in [6.45, 7) is 3.03. The molecule has 17 heavy (non-hydrogen) atoms. The van der Waals surface area contributed by atoms with Crippen LogP contribution in [0.4, 0.5) is 19.0 Å². The van der Waals surface area contributed by atoms with Gasteiger partial charge in [0, 0.05) is 12.7 Å². The highest BCUT2D eigenvalue weighted by atomic mass is 79.9. The number of alkyl halides is 3. The third-order valence-electron chi connectivity index (χ3n) is 2.12. The van der Waals surface area contributed by atoms with Crippen LogP contribution in [0.25, 0.3) is 0 Å². The molecule has 0 aliphatic carbocycles. The van der Waals surface area contributed by atoms with Crippen LogP contribution in [0.15, 0.2) is 16.7 Å². The van der Waals surface area contributed by atoms with Crippen molar-refractivity contribution in [3.05, 3.63) is 22.3 Å². The fraction of sp³-hybridized carbons (Fsp3) is 0.545. The van der Waals surface area contributed by atoms with Crippen molar-refractivity contribution < 1.29 is 13.2 Å². The van der Waals surface area contributed by atoms with E-state index in [-0.39, 0.29) is 0 Å². The topological polar surface area (TPSA) is 16.1 Å². The van der Waals surface area contributed by atoms with Gasteiger partial charge in [-0.3, -0.25) is 0 Å². The van der Waals surface area contributed by atoms with Crippen LogP contribution in [-0.2, 0) is 0 Å². The zero-order chi connectivity index (χ0) is 13.1. The molecule has 1 aromatic rings. The molecule has 2 nitrogen and oxygen atoms in total. The minimum atomic E-state index is -4.22. The van der Waals surface area contributed by atoms with Gasteiger partial charge in [0.05, 0.1) is 4.47 Å². The Morgan fingerprint density at radius 3 is 2.53 bits per heavy atom. The van der Waals surface area contributed by atoms with E-state index in [4.69, 9.17) is 0 Å². The van der Waals surface area contributed by atoms with Gasteiger partial charge in [0.2, 0.25) is 0 Å². The molecule has 0 unspecified atom stereocenters. The number of halogens is 4. The lowest BCUT2D eigenvalue weighted by Gasteiger charge is -2.25. The van der Waals surface area contributed by atoms with Gasteiger partial charge in [-0.2, -0.15) is 13.2 Å². The second kappa shape index (κ2) is 5.71. The Hall–Kier alpha value is -0.780. The van der Waals surface area contributed by atoms with Gasteiger partial charge in [0.25, 0.3) is 0 Å². The molecule has 0 spiro atoms. The molecule has 0 atom stereocenters. The van der Waals surface area contributed by atoms with Gasteiger partial charge < -0.3 is 4.90 Å². The van der Waals surface area contributed by atoms with Gasteiger partial charge in [-0.05, 0) is 40.9 Å². The molecule has 1 heterocycles. The van der Waals surface area contributed by atoms with Crippen molar-refractivity contribution in [2.75, 3.05) is 18.0 Å². The predicted molar refractivity (Wildman–Crippen MR) is 65.2 cm³/mol. The molecule has 0 radical (unpaired) electrons. The maximum Gasteiger partial charge on any atom is 0.405 e. The first-order chi connectivity index (χ1) is 7.83. The molecule has 0 fully saturated rings. The Morgan fingerprint density at radius 2 is 2.06 bits per heavy atom. The first-order valence-corrected chi connectivity index (χ1v) is 6.06. The molecular formula is C11H14BrF3N2. The second-order valence-electron chi connectivity index (χ2n) is 3.85. The highest BCUT2D eigenvalue weighted by Gasteiger charge is 2.31. The zero-order valence-corrected chi connectivity index (χ0v) is 11.3. The number of rotatable bonds is 4. The molecule has 1 aromatic heterocycles. The number of anilines is 1. The average molecular weight is 311 g/mol. The first kappa shape index (κ1) is 14.3. The molecule has 0 saturated carbocycles. The zero-order valence-electron chi connectivity index (χ0n) is 9.68. The van der Waals surface area contributed by atoms with Crippen LogP contribution >= 0.6 is 15.9 Å². The predicted octanol–water partition coefficient (Wildman–Crippen LogP) is 3.93. The van der Waals surface area contributed by atoms with Crippen molar-refractivity contribution in [3.8, 4) is 0 Å². The molecule has 0 amide bonds. The summed E-state index contributed by atoms with van der Waals surface area (Å²) >= 11 is 3.25. The van der Waals surface area contributed by atoms with E-state index in [0.29, 0.717) is 23.3 Å². The molecule has 0 aliphatic rings. The normalized spacial score (nSPS) is 11.6. The van der Waals surface area contributed by atoms with Gasteiger partial charge in [-0.1, -0.05) is 6.92 Å². The Kier molecular flexibility index (Phi) is 4.80. The lowest BCUT2D eigenvalue weighted by Crippen LogP contribution is -2.35. The SMILES string of the molecule is CCCN(CC(F)(F)F)c1ncc(C)cc1Br. The Morgan fingerprint density at radius 1 is 1.41 bits per heavy atom. The lowest BCUT2D eigenvalue weighted by molar-refractivity contribution is -0.119. The number of pyridine rings is 1. The monoisotopic (exact) mass is 310 g/mol. The van der Waals surface area contributed by atoms with Crippen molar-refractivity contribution in [2.45, 2.75) is 26.4 Å². The standard InChI is InChI=1S/C11H14BrF3N2/c1-3-4-17(7-11(13,14)15)10-9(12)5-8(2)6-16-10/h5-6H,3-4,7H2,1-2H3. The number of hydrogen-bond acceptors (Lipinski definition) is 2. The summed E-state index contributed by atoms with van der Waals surface area (Å²) in [5, 5.41) is 0. The van der Waals surface area contributed by atoms with E-state index in [2.05, 4.69) is 20.9 Å². The molecule has 0 N–H and O–H groups in total. The number of hydrogen-bond donors (Lipinski definition) is 0. The molecule has 0 bridgehead atoms. The van der Waals surface area contributed by atoms with E-state index in [1.165, 1.54) is 4.90 Å². The summed E-state index contributed by atoms with van der Waals surface area (Å²) < 4.78 is 37.9. The van der Waals surface area contributed by atoms with Gasteiger partial charge in [-0.15, -0.1) is 0 Å². The van der Waals surface area contributed by atoms with Crippen molar-refractivity contribution in [1.82, 2.24) is 4.98 Å². The smallest absolute Gasteiger partial charge is 0.347 e. The minimum Gasteiger partial charge on any atom is -0.347 e. The molecule has 1 rings (SSSR count). The average Bonchev–Trinajstić information content (AvgIpc) is 2.14. The highest BCUT2D eigenvalue weighted by molar-refractivity contribution is 9.10. The molecule has 96 valence electrons. The van der Waals surface area contributed by atoms with Crippen LogP contribution in [0.3, 0.4) is 0 Å².